The normalized spacial score (nSPS) is 13.8. The molecule has 0 radical (unpaired) electrons. The van der Waals surface area contributed by atoms with E-state index in [1.54, 1.807) is 11.3 Å². The topological polar surface area (TPSA) is 95.6 Å². The standard InChI is InChI=1S/C19H18N4OS/c1-11-7-13(8-14(9-20)18(22)24)12(2)23(11)19-16(10-21)15-5-3-4-6-17(15)25-19/h7-8H,3-6H2,1-2H3,(H2,22,24)/b14-8-. The average molecular weight is 350 g/mol. The Morgan fingerprint density at radius 2 is 2.04 bits per heavy atom. The lowest BCUT2D eigenvalue weighted by molar-refractivity contribution is -0.114. The number of nitrogens with zero attached hydrogens (tertiary/aromatic N) is 3. The summed E-state index contributed by atoms with van der Waals surface area (Å²) in [5, 5.41) is 19.7. The van der Waals surface area contributed by atoms with Crippen molar-refractivity contribution in [3.05, 3.63) is 44.6 Å². The van der Waals surface area contributed by atoms with Gasteiger partial charge in [0.1, 0.15) is 22.7 Å². The van der Waals surface area contributed by atoms with Crippen LogP contribution in [0.2, 0.25) is 0 Å². The number of nitrogens with two attached hydrogens (primary N) is 1. The molecule has 5 nitrogen and oxygen atoms in total. The van der Waals surface area contributed by atoms with Gasteiger partial charge in [0.15, 0.2) is 0 Å². The lowest BCUT2D eigenvalue weighted by Crippen LogP contribution is -2.12. The zero-order chi connectivity index (χ0) is 18.1. The minimum absolute atomic E-state index is 0.0776. The lowest BCUT2D eigenvalue weighted by atomic mass is 9.96. The molecule has 0 saturated carbocycles. The van der Waals surface area contributed by atoms with E-state index in [2.05, 4.69) is 6.07 Å². The molecule has 0 fully saturated rings. The van der Waals surface area contributed by atoms with E-state index in [-0.39, 0.29) is 5.57 Å². The number of hydrogen-bond donors (Lipinski definition) is 1. The summed E-state index contributed by atoms with van der Waals surface area (Å²) < 4.78 is 2.05. The molecule has 3 rings (SSSR count). The predicted octanol–water partition coefficient (Wildman–Crippen LogP) is 3.30. The van der Waals surface area contributed by atoms with Crippen LogP contribution in [0.25, 0.3) is 11.1 Å². The zero-order valence-electron chi connectivity index (χ0n) is 14.2. The number of nitriles is 2. The number of aryl methyl sites for hydroxylation is 2. The molecule has 2 aromatic heterocycles. The first-order valence-electron chi connectivity index (χ1n) is 8.13. The van der Waals surface area contributed by atoms with Gasteiger partial charge in [-0.3, -0.25) is 4.79 Å². The van der Waals surface area contributed by atoms with Crippen molar-refractivity contribution in [1.82, 2.24) is 4.57 Å². The van der Waals surface area contributed by atoms with E-state index in [0.29, 0.717) is 0 Å². The van der Waals surface area contributed by atoms with Crippen molar-refractivity contribution < 1.29 is 4.79 Å². The van der Waals surface area contributed by atoms with Crippen LogP contribution < -0.4 is 5.73 Å². The molecule has 1 aliphatic rings. The molecule has 1 aliphatic carbocycles. The van der Waals surface area contributed by atoms with E-state index < -0.39 is 5.91 Å². The highest BCUT2D eigenvalue weighted by Gasteiger charge is 2.23. The van der Waals surface area contributed by atoms with Gasteiger partial charge in [0, 0.05) is 16.3 Å². The van der Waals surface area contributed by atoms with Crippen molar-refractivity contribution >= 4 is 23.3 Å². The largest absolute Gasteiger partial charge is 0.365 e. The Hall–Kier alpha value is -2.83. The van der Waals surface area contributed by atoms with Crippen molar-refractivity contribution in [2.24, 2.45) is 5.73 Å². The Morgan fingerprint density at radius 3 is 2.68 bits per heavy atom. The van der Waals surface area contributed by atoms with Crippen molar-refractivity contribution in [2.45, 2.75) is 39.5 Å². The first-order valence-corrected chi connectivity index (χ1v) is 8.95. The number of carbonyl (C=O) groups is 1. The van der Waals surface area contributed by atoms with E-state index in [9.17, 15) is 10.1 Å². The third-order valence-electron chi connectivity index (χ3n) is 4.62. The highest BCUT2D eigenvalue weighted by Crippen LogP contribution is 2.38. The zero-order valence-corrected chi connectivity index (χ0v) is 15.0. The van der Waals surface area contributed by atoms with Crippen LogP contribution in [0, 0.1) is 36.5 Å². The van der Waals surface area contributed by atoms with Crippen LogP contribution in [0.4, 0.5) is 0 Å². The number of rotatable bonds is 3. The van der Waals surface area contributed by atoms with Crippen molar-refractivity contribution in [1.29, 1.82) is 10.5 Å². The van der Waals surface area contributed by atoms with Gasteiger partial charge in [-0.2, -0.15) is 10.5 Å². The molecule has 0 unspecified atom stereocenters. The summed E-state index contributed by atoms with van der Waals surface area (Å²) in [6, 6.07) is 6.13. The molecule has 6 heteroatoms. The fraction of sp³-hybridized carbons (Fsp3) is 0.316. The minimum atomic E-state index is -0.739. The number of amides is 1. The summed E-state index contributed by atoms with van der Waals surface area (Å²) >= 11 is 1.68. The first kappa shape index (κ1) is 17.0. The molecule has 0 bridgehead atoms. The lowest BCUT2D eigenvalue weighted by Gasteiger charge is -2.10. The van der Waals surface area contributed by atoms with Crippen molar-refractivity contribution in [3.63, 3.8) is 0 Å². The number of fused-ring (bicyclic) bond motifs is 1. The summed E-state index contributed by atoms with van der Waals surface area (Å²) in [5.41, 5.74) is 9.72. The third kappa shape index (κ3) is 2.86. The molecular weight excluding hydrogens is 332 g/mol. The molecule has 25 heavy (non-hydrogen) atoms. The van der Waals surface area contributed by atoms with E-state index in [4.69, 9.17) is 11.0 Å². The number of carbonyl (C=O) groups excluding carboxylic acids is 1. The number of aromatic nitrogens is 1. The monoisotopic (exact) mass is 350 g/mol. The molecule has 0 aliphatic heterocycles. The number of thiophene rings is 1. The average Bonchev–Trinajstić information content (AvgIpc) is 3.08. The van der Waals surface area contributed by atoms with Crippen molar-refractivity contribution in [3.8, 4) is 17.1 Å². The van der Waals surface area contributed by atoms with Crippen LogP contribution in [0.5, 0.6) is 0 Å². The molecule has 2 aromatic rings. The van der Waals surface area contributed by atoms with Gasteiger partial charge in [-0.05, 0) is 62.8 Å². The summed E-state index contributed by atoms with van der Waals surface area (Å²) in [5.74, 6) is -0.739. The quantitative estimate of drug-likeness (QED) is 0.679. The Kier molecular flexibility index (Phi) is 4.48. The maximum absolute atomic E-state index is 11.3. The Balaban J connectivity index is 2.18. The van der Waals surface area contributed by atoms with Crippen LogP contribution in [0.1, 0.15) is 45.8 Å². The van der Waals surface area contributed by atoms with Crippen LogP contribution in [0.3, 0.4) is 0 Å². The SMILES string of the molecule is Cc1cc(/C=C(/C#N)C(N)=O)c(C)n1-c1sc2c(c1C#N)CCCC2. The molecule has 0 atom stereocenters. The fourth-order valence-corrected chi connectivity index (χ4v) is 4.83. The summed E-state index contributed by atoms with van der Waals surface area (Å²) in [6.07, 6.45) is 5.79. The highest BCUT2D eigenvalue weighted by atomic mass is 32.1. The van der Waals surface area contributed by atoms with Crippen LogP contribution in [0.15, 0.2) is 11.6 Å². The second kappa shape index (κ2) is 6.58. The van der Waals surface area contributed by atoms with E-state index in [1.807, 2.05) is 30.6 Å². The first-order chi connectivity index (χ1) is 12.0. The second-order valence-electron chi connectivity index (χ2n) is 6.20. The number of hydrogen-bond acceptors (Lipinski definition) is 4. The van der Waals surface area contributed by atoms with Crippen LogP contribution in [-0.2, 0) is 17.6 Å². The van der Waals surface area contributed by atoms with Crippen LogP contribution in [-0.4, -0.2) is 10.5 Å². The minimum Gasteiger partial charge on any atom is -0.365 e. The third-order valence-corrected chi connectivity index (χ3v) is 5.90. The predicted molar refractivity (Wildman–Crippen MR) is 97.3 cm³/mol. The Labute approximate surface area is 150 Å². The summed E-state index contributed by atoms with van der Waals surface area (Å²) in [7, 11) is 0. The fourth-order valence-electron chi connectivity index (χ4n) is 3.38. The van der Waals surface area contributed by atoms with Crippen molar-refractivity contribution in [2.75, 3.05) is 0 Å². The van der Waals surface area contributed by atoms with Gasteiger partial charge in [0.05, 0.1) is 5.56 Å². The molecule has 0 saturated heterocycles. The second-order valence-corrected chi connectivity index (χ2v) is 7.28. The molecule has 2 heterocycles. The maximum Gasteiger partial charge on any atom is 0.259 e. The Bertz CT molecular complexity index is 979. The van der Waals surface area contributed by atoms with Gasteiger partial charge in [0.2, 0.25) is 0 Å². The van der Waals surface area contributed by atoms with E-state index in [1.165, 1.54) is 22.9 Å². The molecule has 1 amide bonds. The van der Waals surface area contributed by atoms with Gasteiger partial charge in [-0.25, -0.2) is 0 Å². The van der Waals surface area contributed by atoms with E-state index in [0.717, 1.165) is 46.8 Å². The molecule has 126 valence electrons. The number of primary amides is 1. The molecule has 2 N–H and O–H groups in total. The molecule has 0 aromatic carbocycles. The summed E-state index contributed by atoms with van der Waals surface area (Å²) in [4.78, 5) is 12.6. The maximum atomic E-state index is 11.3. The van der Waals surface area contributed by atoms with Gasteiger partial charge in [0.25, 0.3) is 5.91 Å². The molecule has 0 spiro atoms. The summed E-state index contributed by atoms with van der Waals surface area (Å²) in [6.45, 7) is 3.88. The van der Waals surface area contributed by atoms with Gasteiger partial charge in [-0.1, -0.05) is 0 Å². The highest BCUT2D eigenvalue weighted by molar-refractivity contribution is 7.15. The van der Waals surface area contributed by atoms with Gasteiger partial charge < -0.3 is 10.3 Å². The van der Waals surface area contributed by atoms with Gasteiger partial charge in [-0.15, -0.1) is 11.3 Å². The van der Waals surface area contributed by atoms with Gasteiger partial charge >= 0.3 is 0 Å². The smallest absolute Gasteiger partial charge is 0.259 e. The van der Waals surface area contributed by atoms with E-state index >= 15 is 0 Å². The Morgan fingerprint density at radius 1 is 1.32 bits per heavy atom. The van der Waals surface area contributed by atoms with Crippen LogP contribution >= 0.6 is 11.3 Å². The molecular formula is C19H18N4OS.